The summed E-state index contributed by atoms with van der Waals surface area (Å²) in [6.45, 7) is 1.35. The molecule has 0 saturated carbocycles. The fourth-order valence-electron chi connectivity index (χ4n) is 3.16. The van der Waals surface area contributed by atoms with Gasteiger partial charge in [-0.05, 0) is 32.6 Å². The molecule has 0 aliphatic carbocycles. The number of aliphatic hydroxyl groups is 2. The quantitative estimate of drug-likeness (QED) is 0.849. The van der Waals surface area contributed by atoms with Gasteiger partial charge in [-0.15, -0.1) is 0 Å². The summed E-state index contributed by atoms with van der Waals surface area (Å²) in [6.07, 6.45) is 2.30. The maximum atomic E-state index is 10.0. The summed E-state index contributed by atoms with van der Waals surface area (Å²) in [4.78, 5) is 8.90. The van der Waals surface area contributed by atoms with E-state index in [4.69, 9.17) is 0 Å². The van der Waals surface area contributed by atoms with Gasteiger partial charge in [-0.25, -0.2) is 4.98 Å². The Morgan fingerprint density at radius 3 is 2.90 bits per heavy atom. The van der Waals surface area contributed by atoms with Crippen molar-refractivity contribution in [1.29, 1.82) is 0 Å². The number of β-amino-alcohol motifs (C(OH)–C–C–N with tert-alkyl or cyclic N) is 1. The monoisotopic (exact) mass is 290 g/mol. The molecule has 21 heavy (non-hydrogen) atoms. The van der Waals surface area contributed by atoms with Crippen molar-refractivity contribution < 1.29 is 10.2 Å². The first kappa shape index (κ1) is 14.3. The number of aliphatic hydroxyl groups excluding tert-OH is 2. The lowest BCUT2D eigenvalue weighted by molar-refractivity contribution is 0.191. The highest BCUT2D eigenvalue weighted by atomic mass is 16.3. The van der Waals surface area contributed by atoms with E-state index in [-0.39, 0.29) is 18.8 Å². The van der Waals surface area contributed by atoms with Gasteiger partial charge in [0.15, 0.2) is 5.82 Å². The van der Waals surface area contributed by atoms with Crippen LogP contribution in [0, 0.1) is 0 Å². The molecule has 114 valence electrons. The summed E-state index contributed by atoms with van der Waals surface area (Å²) in [7, 11) is 4.05. The van der Waals surface area contributed by atoms with Gasteiger partial charge in [-0.1, -0.05) is 6.07 Å². The fourth-order valence-corrected chi connectivity index (χ4v) is 3.16. The molecule has 2 atom stereocenters. The molecule has 2 aromatic rings. The lowest BCUT2D eigenvalue weighted by atomic mass is 10.2. The van der Waals surface area contributed by atoms with Crippen molar-refractivity contribution in [3.8, 4) is 0 Å². The zero-order valence-corrected chi connectivity index (χ0v) is 12.5. The van der Waals surface area contributed by atoms with Crippen molar-refractivity contribution >= 4 is 11.5 Å². The molecule has 0 bridgehead atoms. The number of hydrogen-bond donors (Lipinski definition) is 2. The Morgan fingerprint density at radius 2 is 2.19 bits per heavy atom. The van der Waals surface area contributed by atoms with E-state index in [0.717, 1.165) is 30.1 Å². The third-order valence-corrected chi connectivity index (χ3v) is 4.00. The molecule has 6 nitrogen and oxygen atoms in total. The third-order valence-electron chi connectivity index (χ3n) is 4.00. The van der Waals surface area contributed by atoms with Crippen molar-refractivity contribution in [2.75, 3.05) is 32.1 Å². The first-order chi connectivity index (χ1) is 10.1. The van der Waals surface area contributed by atoms with Crippen LogP contribution >= 0.6 is 0 Å². The van der Waals surface area contributed by atoms with Gasteiger partial charge in [0, 0.05) is 25.3 Å². The molecular formula is C15H22N4O2. The molecule has 0 amide bonds. The first-order valence-electron chi connectivity index (χ1n) is 7.26. The standard InChI is InChI=1S/C15H22N4O2/c1-17(2)8-11-7-12(21)9-19(11)15-13(10-20)18-6-4-3-5-14(18)16-15/h3-6,11-12,20-21H,7-10H2,1-2H3. The summed E-state index contributed by atoms with van der Waals surface area (Å²) in [5.74, 6) is 0.784. The number of nitrogens with zero attached hydrogens (tertiary/aromatic N) is 4. The highest BCUT2D eigenvalue weighted by Crippen LogP contribution is 2.29. The highest BCUT2D eigenvalue weighted by molar-refractivity contribution is 5.57. The summed E-state index contributed by atoms with van der Waals surface area (Å²) >= 11 is 0. The van der Waals surface area contributed by atoms with Gasteiger partial charge >= 0.3 is 0 Å². The third kappa shape index (κ3) is 2.62. The number of fused-ring (bicyclic) bond motifs is 1. The number of likely N-dealkylation sites (N-methyl/N-ethyl adjacent to an activating group) is 1. The first-order valence-corrected chi connectivity index (χ1v) is 7.26. The van der Waals surface area contributed by atoms with Gasteiger partial charge in [0.2, 0.25) is 0 Å². The highest BCUT2D eigenvalue weighted by Gasteiger charge is 2.34. The number of rotatable bonds is 4. The van der Waals surface area contributed by atoms with Gasteiger partial charge in [0.1, 0.15) is 5.65 Å². The van der Waals surface area contributed by atoms with Crippen molar-refractivity contribution in [1.82, 2.24) is 14.3 Å². The van der Waals surface area contributed by atoms with Crippen molar-refractivity contribution in [2.24, 2.45) is 0 Å². The van der Waals surface area contributed by atoms with Crippen LogP contribution in [-0.4, -0.2) is 63.8 Å². The maximum Gasteiger partial charge on any atom is 0.153 e. The number of anilines is 1. The summed E-state index contributed by atoms with van der Waals surface area (Å²) in [5, 5.41) is 19.8. The van der Waals surface area contributed by atoms with E-state index in [1.54, 1.807) is 0 Å². The van der Waals surface area contributed by atoms with Gasteiger partial charge in [0.25, 0.3) is 0 Å². The van der Waals surface area contributed by atoms with Gasteiger partial charge in [-0.2, -0.15) is 0 Å². The van der Waals surface area contributed by atoms with E-state index in [9.17, 15) is 10.2 Å². The smallest absolute Gasteiger partial charge is 0.153 e. The lowest BCUT2D eigenvalue weighted by Crippen LogP contribution is -2.38. The Bertz CT molecular complexity index is 625. The van der Waals surface area contributed by atoms with Crippen LogP contribution in [0.1, 0.15) is 12.1 Å². The molecule has 6 heteroatoms. The van der Waals surface area contributed by atoms with E-state index in [1.807, 2.05) is 42.9 Å². The Balaban J connectivity index is 2.01. The largest absolute Gasteiger partial charge is 0.391 e. The second-order valence-electron chi connectivity index (χ2n) is 5.93. The molecule has 1 aliphatic heterocycles. The zero-order chi connectivity index (χ0) is 15.0. The van der Waals surface area contributed by atoms with Crippen LogP contribution < -0.4 is 4.90 Å². The summed E-state index contributed by atoms with van der Waals surface area (Å²) in [6, 6.07) is 6.00. The number of pyridine rings is 1. The topological polar surface area (TPSA) is 64.2 Å². The van der Waals surface area contributed by atoms with Crippen LogP contribution in [-0.2, 0) is 6.61 Å². The molecule has 1 saturated heterocycles. The predicted molar refractivity (Wildman–Crippen MR) is 81.4 cm³/mol. The fraction of sp³-hybridized carbons (Fsp3) is 0.533. The van der Waals surface area contributed by atoms with Crippen LogP contribution in [0.25, 0.3) is 5.65 Å². The summed E-state index contributed by atoms with van der Waals surface area (Å²) < 4.78 is 1.91. The molecule has 1 fully saturated rings. The molecule has 0 radical (unpaired) electrons. The average molecular weight is 290 g/mol. The van der Waals surface area contributed by atoms with Gasteiger partial charge < -0.3 is 20.0 Å². The van der Waals surface area contributed by atoms with Crippen LogP contribution in [0.15, 0.2) is 24.4 Å². The lowest BCUT2D eigenvalue weighted by Gasteiger charge is -2.27. The number of hydrogen-bond acceptors (Lipinski definition) is 5. The minimum atomic E-state index is -0.341. The number of imidazole rings is 1. The normalized spacial score (nSPS) is 22.6. The molecule has 2 unspecified atom stereocenters. The van der Waals surface area contributed by atoms with Crippen LogP contribution in [0.4, 0.5) is 5.82 Å². The molecule has 0 aromatic carbocycles. The number of aromatic nitrogens is 2. The maximum absolute atomic E-state index is 10.0. The second-order valence-corrected chi connectivity index (χ2v) is 5.93. The molecule has 3 heterocycles. The Morgan fingerprint density at radius 1 is 1.38 bits per heavy atom. The van der Waals surface area contributed by atoms with Gasteiger partial charge in [-0.3, -0.25) is 4.40 Å². The molecular weight excluding hydrogens is 268 g/mol. The molecule has 1 aliphatic rings. The van der Waals surface area contributed by atoms with E-state index in [0.29, 0.717) is 6.54 Å². The van der Waals surface area contributed by atoms with Crippen LogP contribution in [0.3, 0.4) is 0 Å². The van der Waals surface area contributed by atoms with Crippen LogP contribution in [0.2, 0.25) is 0 Å². The van der Waals surface area contributed by atoms with Crippen molar-refractivity contribution in [3.63, 3.8) is 0 Å². The molecule has 2 aromatic heterocycles. The molecule has 2 N–H and O–H groups in total. The van der Waals surface area contributed by atoms with E-state index < -0.39 is 0 Å². The minimum Gasteiger partial charge on any atom is -0.391 e. The van der Waals surface area contributed by atoms with Gasteiger partial charge in [0.05, 0.1) is 18.4 Å². The van der Waals surface area contributed by atoms with E-state index in [2.05, 4.69) is 14.8 Å². The molecule has 0 spiro atoms. The Hall–Kier alpha value is -1.63. The van der Waals surface area contributed by atoms with E-state index in [1.165, 1.54) is 0 Å². The summed E-state index contributed by atoms with van der Waals surface area (Å²) in [5.41, 5.74) is 1.60. The Labute approximate surface area is 124 Å². The second kappa shape index (κ2) is 5.63. The Kier molecular flexibility index (Phi) is 3.84. The average Bonchev–Trinajstić information content (AvgIpc) is 2.97. The minimum absolute atomic E-state index is 0.0677. The SMILES string of the molecule is CN(C)CC1CC(O)CN1c1nc2ccccn2c1CO. The zero-order valence-electron chi connectivity index (χ0n) is 12.5. The van der Waals surface area contributed by atoms with Crippen molar-refractivity contribution in [2.45, 2.75) is 25.2 Å². The molecule has 3 rings (SSSR count). The van der Waals surface area contributed by atoms with Crippen LogP contribution in [0.5, 0.6) is 0 Å². The predicted octanol–water partition coefficient (Wildman–Crippen LogP) is 0.328. The van der Waals surface area contributed by atoms with E-state index >= 15 is 0 Å². The van der Waals surface area contributed by atoms with Crippen molar-refractivity contribution in [3.05, 3.63) is 30.1 Å².